The molecule has 1 amide bonds. The number of rotatable bonds is 2. The minimum atomic E-state index is -3.12. The number of hydrogen-bond acceptors (Lipinski definition) is 5. The van der Waals surface area contributed by atoms with E-state index in [1.807, 2.05) is 0 Å². The van der Waals surface area contributed by atoms with Gasteiger partial charge >= 0.3 is 0 Å². The second-order valence-corrected chi connectivity index (χ2v) is 7.99. The maximum atomic E-state index is 12.9. The summed E-state index contributed by atoms with van der Waals surface area (Å²) in [6.45, 7) is 1.88. The molecule has 0 aliphatic carbocycles. The van der Waals surface area contributed by atoms with Gasteiger partial charge < -0.3 is 4.90 Å². The number of benzene rings is 1. The number of carbonyl (C=O) groups excluding carboxylic acids is 1. The van der Waals surface area contributed by atoms with Crippen LogP contribution in [0.5, 0.6) is 0 Å². The molecule has 0 bridgehead atoms. The third-order valence-electron chi connectivity index (χ3n) is 3.83. The Bertz CT molecular complexity index is 832. The molecule has 3 rings (SSSR count). The summed E-state index contributed by atoms with van der Waals surface area (Å²) in [7, 11) is -3.12. The van der Waals surface area contributed by atoms with E-state index in [4.69, 9.17) is 0 Å². The van der Waals surface area contributed by atoms with E-state index in [0.29, 0.717) is 5.69 Å². The van der Waals surface area contributed by atoms with Gasteiger partial charge in [0.05, 0.1) is 22.9 Å². The standard InChI is InChI=1S/C14H15FN4O3S/c1-10-8-18(6-7-23(10,21)22)14(20)13-9-19(17-16-13)12-4-2-11(15)3-5-12/h2-5,9-10H,6-8H2,1H3. The zero-order valence-electron chi connectivity index (χ0n) is 12.4. The first kappa shape index (κ1) is 15.6. The van der Waals surface area contributed by atoms with E-state index in [-0.39, 0.29) is 36.3 Å². The molecular formula is C14H15FN4O3S. The number of nitrogens with zero attached hydrogens (tertiary/aromatic N) is 4. The molecule has 1 aliphatic rings. The largest absolute Gasteiger partial charge is 0.335 e. The average Bonchev–Trinajstić information content (AvgIpc) is 3.00. The Morgan fingerprint density at radius 1 is 1.30 bits per heavy atom. The third kappa shape index (κ3) is 3.09. The van der Waals surface area contributed by atoms with Crippen LogP contribution in [0, 0.1) is 5.82 Å². The molecule has 1 atom stereocenters. The Morgan fingerprint density at radius 2 is 2.00 bits per heavy atom. The van der Waals surface area contributed by atoms with Crippen LogP contribution in [-0.4, -0.2) is 58.3 Å². The summed E-state index contributed by atoms with van der Waals surface area (Å²) in [6, 6.07) is 5.62. The van der Waals surface area contributed by atoms with Crippen LogP contribution < -0.4 is 0 Å². The van der Waals surface area contributed by atoms with Gasteiger partial charge in [-0.3, -0.25) is 4.79 Å². The van der Waals surface area contributed by atoms with E-state index in [1.165, 1.54) is 40.0 Å². The number of hydrogen-bond donors (Lipinski definition) is 0. The van der Waals surface area contributed by atoms with Crippen molar-refractivity contribution in [1.82, 2.24) is 19.9 Å². The fourth-order valence-corrected chi connectivity index (χ4v) is 3.67. The van der Waals surface area contributed by atoms with E-state index < -0.39 is 15.1 Å². The van der Waals surface area contributed by atoms with Gasteiger partial charge in [-0.05, 0) is 31.2 Å². The van der Waals surface area contributed by atoms with Gasteiger partial charge in [0.15, 0.2) is 15.5 Å². The zero-order chi connectivity index (χ0) is 16.6. The van der Waals surface area contributed by atoms with Crippen LogP contribution in [0.2, 0.25) is 0 Å². The van der Waals surface area contributed by atoms with Crippen molar-refractivity contribution in [3.63, 3.8) is 0 Å². The van der Waals surface area contributed by atoms with Crippen LogP contribution in [0.15, 0.2) is 30.5 Å². The lowest BCUT2D eigenvalue weighted by Crippen LogP contribution is -2.48. The SMILES string of the molecule is CC1CN(C(=O)c2cn(-c3ccc(F)cc3)nn2)CCS1(=O)=O. The molecular weight excluding hydrogens is 323 g/mol. The van der Waals surface area contributed by atoms with Crippen LogP contribution in [0.1, 0.15) is 17.4 Å². The first-order valence-corrected chi connectivity index (χ1v) is 8.77. The van der Waals surface area contributed by atoms with Crippen molar-refractivity contribution >= 4 is 15.7 Å². The van der Waals surface area contributed by atoms with E-state index >= 15 is 0 Å². The number of carbonyl (C=O) groups is 1. The number of halogens is 1. The first-order valence-electron chi connectivity index (χ1n) is 7.06. The van der Waals surface area contributed by atoms with Crippen LogP contribution in [0.3, 0.4) is 0 Å². The van der Waals surface area contributed by atoms with Crippen LogP contribution in [0.25, 0.3) is 5.69 Å². The molecule has 2 heterocycles. The van der Waals surface area contributed by atoms with E-state index in [2.05, 4.69) is 10.3 Å². The molecule has 122 valence electrons. The highest BCUT2D eigenvalue weighted by molar-refractivity contribution is 7.92. The summed E-state index contributed by atoms with van der Waals surface area (Å²) in [5, 5.41) is 7.10. The number of sulfone groups is 1. The van der Waals surface area contributed by atoms with Crippen molar-refractivity contribution in [2.75, 3.05) is 18.8 Å². The zero-order valence-corrected chi connectivity index (χ0v) is 13.2. The lowest BCUT2D eigenvalue weighted by Gasteiger charge is -2.30. The van der Waals surface area contributed by atoms with Crippen molar-refractivity contribution < 1.29 is 17.6 Å². The normalized spacial score (nSPS) is 20.4. The predicted molar refractivity (Wildman–Crippen MR) is 80.5 cm³/mol. The van der Waals surface area contributed by atoms with E-state index in [0.717, 1.165) is 0 Å². The lowest BCUT2D eigenvalue weighted by atomic mass is 10.3. The van der Waals surface area contributed by atoms with Crippen molar-refractivity contribution in [3.8, 4) is 5.69 Å². The summed E-state index contributed by atoms with van der Waals surface area (Å²) in [6.07, 6.45) is 1.45. The van der Waals surface area contributed by atoms with Crippen molar-refractivity contribution in [1.29, 1.82) is 0 Å². The van der Waals surface area contributed by atoms with Gasteiger partial charge in [0.1, 0.15) is 5.82 Å². The molecule has 7 nitrogen and oxygen atoms in total. The highest BCUT2D eigenvalue weighted by atomic mass is 32.2. The minimum absolute atomic E-state index is 0.0496. The maximum Gasteiger partial charge on any atom is 0.276 e. The Kier molecular flexibility index (Phi) is 3.88. The fraction of sp³-hybridized carbons (Fsp3) is 0.357. The average molecular weight is 338 g/mol. The van der Waals surface area contributed by atoms with Gasteiger partial charge in [-0.1, -0.05) is 5.21 Å². The Hall–Kier alpha value is -2.29. The highest BCUT2D eigenvalue weighted by Gasteiger charge is 2.32. The monoisotopic (exact) mass is 338 g/mol. The van der Waals surface area contributed by atoms with Crippen molar-refractivity contribution in [2.24, 2.45) is 0 Å². The summed E-state index contributed by atoms with van der Waals surface area (Å²) >= 11 is 0. The molecule has 0 N–H and O–H groups in total. The molecule has 1 aromatic heterocycles. The maximum absolute atomic E-state index is 12.9. The molecule has 0 radical (unpaired) electrons. The lowest BCUT2D eigenvalue weighted by molar-refractivity contribution is 0.0754. The van der Waals surface area contributed by atoms with E-state index in [9.17, 15) is 17.6 Å². The summed E-state index contributed by atoms with van der Waals surface area (Å²) in [5.41, 5.74) is 0.702. The summed E-state index contributed by atoms with van der Waals surface area (Å²) in [5.74, 6) is -0.778. The van der Waals surface area contributed by atoms with Gasteiger partial charge in [0.2, 0.25) is 0 Å². The molecule has 1 aromatic carbocycles. The quantitative estimate of drug-likeness (QED) is 0.803. The summed E-state index contributed by atoms with van der Waals surface area (Å²) < 4.78 is 37.7. The topological polar surface area (TPSA) is 85.2 Å². The Labute approximate surface area is 132 Å². The van der Waals surface area contributed by atoms with Gasteiger partial charge in [-0.15, -0.1) is 5.10 Å². The smallest absolute Gasteiger partial charge is 0.276 e. The predicted octanol–water partition coefficient (Wildman–Crippen LogP) is 0.665. The fourth-order valence-electron chi connectivity index (χ4n) is 2.38. The van der Waals surface area contributed by atoms with Gasteiger partial charge in [0.25, 0.3) is 5.91 Å². The van der Waals surface area contributed by atoms with Gasteiger partial charge in [-0.2, -0.15) is 0 Å². The third-order valence-corrected chi connectivity index (χ3v) is 5.95. The van der Waals surface area contributed by atoms with Crippen LogP contribution in [0.4, 0.5) is 4.39 Å². The van der Waals surface area contributed by atoms with Gasteiger partial charge in [-0.25, -0.2) is 17.5 Å². The molecule has 23 heavy (non-hydrogen) atoms. The molecule has 0 saturated carbocycles. The van der Waals surface area contributed by atoms with E-state index in [1.54, 1.807) is 6.92 Å². The second kappa shape index (κ2) is 5.73. The molecule has 1 fully saturated rings. The molecule has 1 saturated heterocycles. The highest BCUT2D eigenvalue weighted by Crippen LogP contribution is 2.15. The van der Waals surface area contributed by atoms with Crippen LogP contribution in [-0.2, 0) is 9.84 Å². The van der Waals surface area contributed by atoms with Crippen molar-refractivity contribution in [3.05, 3.63) is 42.0 Å². The summed E-state index contributed by atoms with van der Waals surface area (Å²) in [4.78, 5) is 13.9. The van der Waals surface area contributed by atoms with Gasteiger partial charge in [0, 0.05) is 13.1 Å². The first-order chi connectivity index (χ1) is 10.9. The molecule has 2 aromatic rings. The van der Waals surface area contributed by atoms with Crippen LogP contribution >= 0.6 is 0 Å². The Morgan fingerprint density at radius 3 is 2.65 bits per heavy atom. The molecule has 0 spiro atoms. The minimum Gasteiger partial charge on any atom is -0.335 e. The number of aromatic nitrogens is 3. The second-order valence-electron chi connectivity index (χ2n) is 5.45. The van der Waals surface area contributed by atoms with Crippen molar-refractivity contribution in [2.45, 2.75) is 12.2 Å². The number of amides is 1. The Balaban J connectivity index is 1.78. The molecule has 1 unspecified atom stereocenters. The molecule has 1 aliphatic heterocycles. The molecule has 9 heteroatoms.